The smallest absolute Gasteiger partial charge is 0.335 e. The summed E-state index contributed by atoms with van der Waals surface area (Å²) in [6, 6.07) is 164. The van der Waals surface area contributed by atoms with Crippen molar-refractivity contribution < 1.29 is 49.3 Å². The van der Waals surface area contributed by atoms with Crippen LogP contribution in [-0.2, 0) is 20.4 Å². The second-order valence-electron chi connectivity index (χ2n) is 29.0. The van der Waals surface area contributed by atoms with E-state index in [4.69, 9.17) is 39.6 Å². The number of amides is 1. The van der Waals surface area contributed by atoms with Gasteiger partial charge in [0.15, 0.2) is 0 Å². The van der Waals surface area contributed by atoms with E-state index >= 15 is 0 Å². The molecule has 754 valence electrons. The van der Waals surface area contributed by atoms with E-state index in [2.05, 4.69) is 421 Å². The van der Waals surface area contributed by atoms with Gasteiger partial charge in [-0.2, -0.15) is 0 Å². The Balaban J connectivity index is 0.00000166. The Bertz CT molecular complexity index is 5810. The molecule has 0 heterocycles. The second-order valence-corrected chi connectivity index (χ2v) is 39.1. The molecule has 11 N–H and O–H groups in total. The third kappa shape index (κ3) is 47.3. The first-order valence-corrected chi connectivity index (χ1v) is 54.5. The molecule has 0 atom stereocenters. The summed E-state index contributed by atoms with van der Waals surface area (Å²) in [5.74, 6) is 11.6. The number of aromatic carboxylic acids is 2. The first-order valence-electron chi connectivity index (χ1n) is 48.1. The van der Waals surface area contributed by atoms with Gasteiger partial charge in [0.1, 0.15) is 0 Å². The number of rotatable bonds is 16. The molecule has 0 fully saturated rings. The van der Waals surface area contributed by atoms with Gasteiger partial charge in [0.05, 0.1) is 11.1 Å². The van der Waals surface area contributed by atoms with Crippen molar-refractivity contribution in [1.82, 2.24) is 0 Å². The fraction of sp³-hybridized carbons (Fsp3) is 0.100. The maximum Gasteiger partial charge on any atom is 0.335 e. The maximum atomic E-state index is 12.2. The standard InChI is InChI=1S/C18H16N2O.4C18H15P.C12H11NO2.C8H7IO2.C6H7N.C4H5N.5C2H6.Pd.3H2/c1-14-10-11-16(13-15(14)7-5-6-12-19)18(21)20-17-8-3-2-4-9-17;4*1-4-10-16(11-5-1)19(17-12-6-2-7-13-17)18-14-8-3-9-15-18;1-9-5-6-11(12(14)15)8-10(9)4-2-3-7-13;1-5-2-3-6(8(10)11)4-7(5)9;7-6-4-2-1-3-5-6;1-2-3-4-5;5*1-2;;;;/h2-4,6,8-13H,19H2,1H3,(H,20,21);4*1-15H;3,5-8H,13H2,1H3,(H,14,15);2-4H,1H3,(H,10,11);1-5H,7H2;1,3-4H,5H2;5*1-2H3;;3*1H/b12-6+;;;;;7-3+;;;4-3+;;;;;;;;;/i;;;;;;;;;;;;;;;3*1+2. The number of aryl methyl sites for hydroxylation is 3. The predicted molar refractivity (Wildman–Crippen MR) is 652 cm³/mol. The fourth-order valence-corrected chi connectivity index (χ4v) is 22.5. The summed E-state index contributed by atoms with van der Waals surface area (Å²) in [4.78, 5) is 33.4. The van der Waals surface area contributed by atoms with E-state index in [1.807, 2.05) is 163 Å². The normalized spacial score (nSPS) is 9.54. The molecule has 17 rings (SSSR count). The summed E-state index contributed by atoms with van der Waals surface area (Å²) < 4.78 is 0.988. The third-order valence-electron chi connectivity index (χ3n) is 19.4. The number of nitrogens with two attached hydrogens (primary N) is 4. The van der Waals surface area contributed by atoms with E-state index in [1.165, 1.54) is 94.4 Å². The van der Waals surface area contributed by atoms with Gasteiger partial charge in [-0.25, -0.2) is 9.59 Å². The molecule has 16 heteroatoms. The van der Waals surface area contributed by atoms with Gasteiger partial charge in [-0.05, 0) is 216 Å². The number of allylic oxidation sites excluding steroid dienone is 3. The number of carbonyl (C=O) groups excluding carboxylic acids is 1. The molecular formula is C130H142IN5O5P4Pd. The number of anilines is 2. The maximum absolute atomic E-state index is 12.2. The van der Waals surface area contributed by atoms with Crippen LogP contribution in [0, 0.1) is 60.4 Å². The van der Waals surface area contributed by atoms with Crippen molar-refractivity contribution in [3.8, 4) is 36.0 Å². The topological polar surface area (TPSA) is 208 Å². The molecule has 0 aliphatic heterocycles. The van der Waals surface area contributed by atoms with Gasteiger partial charge in [-0.3, -0.25) is 4.79 Å². The van der Waals surface area contributed by atoms with Crippen LogP contribution in [-0.4, -0.2) is 28.1 Å². The molecule has 10 nitrogen and oxygen atoms in total. The summed E-state index contributed by atoms with van der Waals surface area (Å²) in [6.07, 6.45) is 13.3. The Morgan fingerprint density at radius 3 is 0.664 bits per heavy atom. The average Bonchev–Trinajstić information content (AvgIpc) is 0.827. The predicted octanol–water partition coefficient (Wildman–Crippen LogP) is 27.9. The van der Waals surface area contributed by atoms with Crippen molar-refractivity contribution in [2.45, 2.75) is 90.0 Å². The largest absolute Gasteiger partial charge is 0.478 e. The molecule has 0 spiro atoms. The van der Waals surface area contributed by atoms with Gasteiger partial charge < -0.3 is 38.5 Å². The molecule has 17 aromatic carbocycles. The van der Waals surface area contributed by atoms with E-state index < -0.39 is 43.6 Å². The molecule has 0 aromatic heterocycles. The number of nitrogen functional groups attached to an aromatic ring is 1. The number of para-hydroxylation sites is 2. The van der Waals surface area contributed by atoms with Crippen LogP contribution < -0.4 is 91.9 Å². The van der Waals surface area contributed by atoms with Crippen molar-refractivity contribution in [3.05, 3.63) is 564 Å². The van der Waals surface area contributed by atoms with E-state index in [0.29, 0.717) is 16.7 Å². The van der Waals surface area contributed by atoms with Crippen molar-refractivity contribution >= 4 is 147 Å². The molecular weight excluding hydrogens is 2070 g/mol. The number of carboxylic acids is 2. The fourth-order valence-electron chi connectivity index (χ4n) is 12.8. The number of hydrogen-bond acceptors (Lipinski definition) is 7. The zero-order chi connectivity index (χ0) is 106. The first-order chi connectivity index (χ1) is 71.1. The van der Waals surface area contributed by atoms with Gasteiger partial charge in [-0.1, -0.05) is 517 Å². The number of terminal acetylenes is 1. The molecule has 0 saturated carbocycles. The van der Waals surface area contributed by atoms with E-state index in [-0.39, 0.29) is 36.2 Å². The van der Waals surface area contributed by atoms with Crippen LogP contribution >= 0.6 is 54.3 Å². The molecule has 0 radical (unpaired) electrons. The van der Waals surface area contributed by atoms with Crippen LogP contribution in [0.15, 0.2) is 516 Å². The Kier molecular flexibility index (Phi) is 67.8. The molecule has 0 bridgehead atoms. The summed E-state index contributed by atoms with van der Waals surface area (Å²) in [7, 11) is -1.78. The number of nitrogens with one attached hydrogen (secondary N) is 1. The monoisotopic (exact) mass is 2220 g/mol. The zero-order valence-corrected chi connectivity index (χ0v) is 92.9. The Hall–Kier alpha value is -14.6. The van der Waals surface area contributed by atoms with Gasteiger partial charge in [0, 0.05) is 93.2 Å². The minimum Gasteiger partial charge on any atom is -0.478 e. The summed E-state index contributed by atoms with van der Waals surface area (Å²) in [5.41, 5.74) is 27.9. The minimum atomic E-state index is -0.951. The average molecular weight is 2220 g/mol. The van der Waals surface area contributed by atoms with Crippen molar-refractivity contribution in [1.29, 1.82) is 0 Å². The van der Waals surface area contributed by atoms with Gasteiger partial charge >= 0.3 is 11.9 Å². The van der Waals surface area contributed by atoms with Crippen LogP contribution in [0.2, 0.25) is 0 Å². The van der Waals surface area contributed by atoms with Crippen LogP contribution in [0.5, 0.6) is 0 Å². The molecule has 0 aliphatic carbocycles. The van der Waals surface area contributed by atoms with E-state index in [1.54, 1.807) is 48.5 Å². The first kappa shape index (κ1) is 126. The van der Waals surface area contributed by atoms with Gasteiger partial charge in [-0.15, -0.1) is 6.42 Å². The van der Waals surface area contributed by atoms with E-state index in [0.717, 1.165) is 37.2 Å². The number of hydrogen-bond donors (Lipinski definition) is 7. The van der Waals surface area contributed by atoms with Gasteiger partial charge in [0.25, 0.3) is 5.91 Å². The van der Waals surface area contributed by atoms with Crippen molar-refractivity contribution in [3.63, 3.8) is 0 Å². The SMILES string of the molecule is C#C/C=C/N.CC.CC.CC.CC.CC.Cc1ccc(C(=O)Nc2ccccc2)cc1C#C/C=C/N.Cc1ccc(C(=O)O)cc1C#C/C=C/N.Cc1ccc(C(=O)O)cc1I.Nc1ccccc1.[3HH].[3HH].[3HH].[Pd].c1ccc(P(c2ccccc2)c2ccccc2)cc1.c1ccc(P(c2ccccc2)c2ccccc2)cc1.c1ccc(P(c2ccccc2)c2ccccc2)cc1.c1ccc(P(c2ccccc2)c2ccccc2)cc1. The molecule has 146 heavy (non-hydrogen) atoms. The van der Waals surface area contributed by atoms with Gasteiger partial charge in [0.2, 0.25) is 0 Å². The number of benzene rings is 17. The van der Waals surface area contributed by atoms with Crippen LogP contribution in [0.4, 0.5) is 11.4 Å². The van der Waals surface area contributed by atoms with Crippen molar-refractivity contribution in [2.24, 2.45) is 17.2 Å². The molecule has 0 aliphatic rings. The Labute approximate surface area is 907 Å². The van der Waals surface area contributed by atoms with Crippen LogP contribution in [0.25, 0.3) is 0 Å². The third-order valence-corrected chi connectivity index (χ3v) is 30.3. The number of halogens is 1. The van der Waals surface area contributed by atoms with E-state index in [9.17, 15) is 14.4 Å². The summed E-state index contributed by atoms with van der Waals surface area (Å²) in [6.45, 7) is 25.8. The summed E-state index contributed by atoms with van der Waals surface area (Å²) in [5, 5.41) is 37.0. The Morgan fingerprint density at radius 1 is 0.288 bits per heavy atom. The minimum absolute atomic E-state index is 0. The Morgan fingerprint density at radius 2 is 0.479 bits per heavy atom. The number of carboxylic acid groups (broad SMARTS) is 2. The molecule has 1 amide bonds. The zero-order valence-electron chi connectivity index (χ0n) is 85.6. The quantitative estimate of drug-likeness (QED) is 0.0161. The van der Waals surface area contributed by atoms with Crippen molar-refractivity contribution in [2.75, 3.05) is 11.1 Å². The molecule has 0 unspecified atom stereocenters. The molecule has 0 saturated heterocycles. The second kappa shape index (κ2) is 78.8. The summed E-state index contributed by atoms with van der Waals surface area (Å²) >= 11 is 2.12. The van der Waals surface area contributed by atoms with Crippen LogP contribution in [0.3, 0.4) is 0 Å². The van der Waals surface area contributed by atoms with Crippen LogP contribution in [0.1, 0.15) is 132 Å². The molecule has 17 aromatic rings. The number of carbonyl (C=O) groups is 3.